The molecule has 0 bridgehead atoms. The third kappa shape index (κ3) is 3.85. The molecule has 0 atom stereocenters. The molecule has 1 N–H and O–H groups in total. The van der Waals surface area contributed by atoms with Crippen molar-refractivity contribution in [3.63, 3.8) is 0 Å². The fourth-order valence-corrected chi connectivity index (χ4v) is 3.29. The van der Waals surface area contributed by atoms with Crippen molar-refractivity contribution in [2.24, 2.45) is 18.4 Å². The van der Waals surface area contributed by atoms with Crippen LogP contribution in [0, 0.1) is 11.3 Å². The van der Waals surface area contributed by atoms with E-state index in [0.29, 0.717) is 17.7 Å². The van der Waals surface area contributed by atoms with E-state index in [4.69, 9.17) is 0 Å². The Morgan fingerprint density at radius 2 is 1.88 bits per heavy atom. The zero-order chi connectivity index (χ0) is 18.4. The first-order valence-corrected chi connectivity index (χ1v) is 9.01. The molecule has 2 fully saturated rings. The molecule has 2 aliphatic rings. The summed E-state index contributed by atoms with van der Waals surface area (Å²) in [6.07, 6.45) is 1.58. The number of amides is 1. The maximum Gasteiger partial charge on any atom is 0.394 e. The normalized spacial score (nSPS) is 19.0. The lowest BCUT2D eigenvalue weighted by Gasteiger charge is -2.28. The Morgan fingerprint density at radius 3 is 2.36 bits per heavy atom. The molecule has 0 aliphatic heterocycles. The van der Waals surface area contributed by atoms with E-state index in [9.17, 15) is 18.0 Å². The Hall–Kier alpha value is -1.53. The second-order valence-electron chi connectivity index (χ2n) is 8.21. The number of halogens is 3. The van der Waals surface area contributed by atoms with E-state index in [1.165, 1.54) is 12.8 Å². The van der Waals surface area contributed by atoms with Crippen molar-refractivity contribution in [1.29, 1.82) is 0 Å². The number of aromatic nitrogens is 2. The van der Waals surface area contributed by atoms with Gasteiger partial charge in [0.25, 0.3) is 0 Å². The molecule has 0 radical (unpaired) electrons. The van der Waals surface area contributed by atoms with Gasteiger partial charge in [0.15, 0.2) is 0 Å². The van der Waals surface area contributed by atoms with Gasteiger partial charge in [-0.3, -0.25) is 9.48 Å². The number of alkyl halides is 3. The lowest BCUT2D eigenvalue weighted by molar-refractivity contribution is -0.213. The molecule has 1 amide bonds. The van der Waals surface area contributed by atoms with Crippen molar-refractivity contribution in [2.45, 2.75) is 70.9 Å². The molecule has 0 aromatic carbocycles. The number of carbonyl (C=O) groups is 1. The van der Waals surface area contributed by atoms with Crippen LogP contribution in [0.3, 0.4) is 0 Å². The summed E-state index contributed by atoms with van der Waals surface area (Å²) in [4.78, 5) is 12.3. The van der Waals surface area contributed by atoms with E-state index in [0.717, 1.165) is 50.8 Å². The molecule has 25 heavy (non-hydrogen) atoms. The van der Waals surface area contributed by atoms with Crippen molar-refractivity contribution in [3.05, 3.63) is 11.3 Å². The summed E-state index contributed by atoms with van der Waals surface area (Å²) in [5.74, 6) is 1.02. The third-order valence-corrected chi connectivity index (χ3v) is 5.48. The molecular weight excluding hydrogens is 331 g/mol. The Bertz CT molecular complexity index is 655. The first-order chi connectivity index (χ1) is 11.6. The summed E-state index contributed by atoms with van der Waals surface area (Å²) in [6.45, 7) is 2.11. The highest BCUT2D eigenvalue weighted by atomic mass is 19.4. The Morgan fingerprint density at radius 1 is 1.24 bits per heavy atom. The Kier molecular flexibility index (Phi) is 4.62. The van der Waals surface area contributed by atoms with Gasteiger partial charge in [-0.1, -0.05) is 20.3 Å². The summed E-state index contributed by atoms with van der Waals surface area (Å²) in [6, 6.07) is 0. The van der Waals surface area contributed by atoms with E-state index in [-0.39, 0.29) is 0 Å². The van der Waals surface area contributed by atoms with Gasteiger partial charge >= 0.3 is 6.18 Å². The van der Waals surface area contributed by atoms with Gasteiger partial charge in [0.1, 0.15) is 5.82 Å². The molecule has 0 unspecified atom stereocenters. The van der Waals surface area contributed by atoms with E-state index in [1.54, 1.807) is 11.7 Å². The van der Waals surface area contributed by atoms with E-state index in [1.807, 2.05) is 0 Å². The van der Waals surface area contributed by atoms with Crippen LogP contribution in [0.5, 0.6) is 0 Å². The highest BCUT2D eigenvalue weighted by Crippen LogP contribution is 2.45. The van der Waals surface area contributed by atoms with Gasteiger partial charge in [0.05, 0.1) is 11.1 Å². The first-order valence-electron chi connectivity index (χ1n) is 9.01. The fraction of sp³-hybridized carbons (Fsp3) is 0.778. The summed E-state index contributed by atoms with van der Waals surface area (Å²) in [5.41, 5.74) is 0.0160. The lowest BCUT2D eigenvalue weighted by atomic mass is 9.79. The predicted octanol–water partition coefficient (Wildman–Crippen LogP) is 4.56. The van der Waals surface area contributed by atoms with Crippen molar-refractivity contribution in [3.8, 4) is 0 Å². The number of aryl methyl sites for hydroxylation is 1. The van der Waals surface area contributed by atoms with Crippen molar-refractivity contribution in [1.82, 2.24) is 9.78 Å². The zero-order valence-corrected chi connectivity index (χ0v) is 15.0. The zero-order valence-electron chi connectivity index (χ0n) is 15.0. The first kappa shape index (κ1) is 18.3. The largest absolute Gasteiger partial charge is 0.394 e. The van der Waals surface area contributed by atoms with Crippen LogP contribution in [-0.2, 0) is 18.3 Å². The maximum atomic E-state index is 13.0. The molecule has 2 aliphatic carbocycles. The van der Waals surface area contributed by atoms with Crippen molar-refractivity contribution >= 4 is 11.7 Å². The molecule has 1 heterocycles. The van der Waals surface area contributed by atoms with Crippen LogP contribution in [0.25, 0.3) is 0 Å². The van der Waals surface area contributed by atoms with Crippen LogP contribution >= 0.6 is 0 Å². The Balaban J connectivity index is 1.79. The number of hydrogen-bond acceptors (Lipinski definition) is 2. The van der Waals surface area contributed by atoms with Crippen LogP contribution in [0.1, 0.15) is 69.5 Å². The molecule has 0 saturated heterocycles. The van der Waals surface area contributed by atoms with Gasteiger partial charge < -0.3 is 5.32 Å². The topological polar surface area (TPSA) is 46.9 Å². The summed E-state index contributed by atoms with van der Waals surface area (Å²) >= 11 is 0. The molecule has 4 nitrogen and oxygen atoms in total. The van der Waals surface area contributed by atoms with E-state index < -0.39 is 23.9 Å². The van der Waals surface area contributed by atoms with Gasteiger partial charge in [-0.15, -0.1) is 0 Å². The number of nitrogens with zero attached hydrogens (tertiary/aromatic N) is 2. The molecule has 140 valence electrons. The highest BCUT2D eigenvalue weighted by Gasteiger charge is 2.48. The minimum absolute atomic E-state index is 0.369. The Labute approximate surface area is 146 Å². The molecule has 1 aromatic heterocycles. The fourth-order valence-electron chi connectivity index (χ4n) is 3.29. The number of nitrogens with one attached hydrogen (secondary N) is 1. The summed E-state index contributed by atoms with van der Waals surface area (Å²) < 4.78 is 40.7. The van der Waals surface area contributed by atoms with E-state index >= 15 is 0 Å². The molecule has 3 rings (SSSR count). The quantitative estimate of drug-likeness (QED) is 0.811. The molecule has 1 aromatic rings. The SMILES string of the molecule is Cn1nc(CC2CC2)c(C2CCC2)c1NC(=O)CC(C)(C)C(F)(F)F. The van der Waals surface area contributed by atoms with E-state index in [2.05, 4.69) is 10.4 Å². The average molecular weight is 357 g/mol. The highest BCUT2D eigenvalue weighted by molar-refractivity contribution is 5.91. The standard InChI is InChI=1S/C18H26F3N3O/c1-17(2,18(19,20)21)10-14(25)22-16-15(12-5-4-6-12)13(23-24(16)3)9-11-7-8-11/h11-12H,4-10H2,1-3H3,(H,22,25). The molecular formula is C18H26F3N3O. The smallest absolute Gasteiger partial charge is 0.311 e. The minimum atomic E-state index is -4.41. The van der Waals surface area contributed by atoms with Crippen molar-refractivity contribution < 1.29 is 18.0 Å². The molecule has 0 spiro atoms. The van der Waals surface area contributed by atoms with Gasteiger partial charge in [-0.05, 0) is 43.9 Å². The van der Waals surface area contributed by atoms with Gasteiger partial charge in [-0.2, -0.15) is 18.3 Å². The van der Waals surface area contributed by atoms with Crippen LogP contribution in [-0.4, -0.2) is 21.9 Å². The van der Waals surface area contributed by atoms with Gasteiger partial charge in [0.2, 0.25) is 5.91 Å². The second-order valence-corrected chi connectivity index (χ2v) is 8.21. The number of hydrogen-bond donors (Lipinski definition) is 1. The minimum Gasteiger partial charge on any atom is -0.311 e. The van der Waals surface area contributed by atoms with Crippen LogP contribution < -0.4 is 5.32 Å². The van der Waals surface area contributed by atoms with Gasteiger partial charge in [-0.25, -0.2) is 0 Å². The van der Waals surface area contributed by atoms with Crippen LogP contribution in [0.4, 0.5) is 19.0 Å². The predicted molar refractivity (Wildman–Crippen MR) is 89.3 cm³/mol. The maximum absolute atomic E-state index is 13.0. The number of carbonyl (C=O) groups excluding carboxylic acids is 1. The monoisotopic (exact) mass is 357 g/mol. The third-order valence-electron chi connectivity index (χ3n) is 5.48. The summed E-state index contributed by atoms with van der Waals surface area (Å²) in [7, 11) is 1.75. The second kappa shape index (κ2) is 6.32. The number of anilines is 1. The van der Waals surface area contributed by atoms with Crippen LogP contribution in [0.2, 0.25) is 0 Å². The molecule has 7 heteroatoms. The molecule has 2 saturated carbocycles. The van der Waals surface area contributed by atoms with Crippen LogP contribution in [0.15, 0.2) is 0 Å². The van der Waals surface area contributed by atoms with Crippen molar-refractivity contribution in [2.75, 3.05) is 5.32 Å². The lowest BCUT2D eigenvalue weighted by Crippen LogP contribution is -2.36. The van der Waals surface area contributed by atoms with Gasteiger partial charge in [0, 0.05) is 19.0 Å². The average Bonchev–Trinajstić information content (AvgIpc) is 3.16. The number of rotatable bonds is 6. The summed E-state index contributed by atoms with van der Waals surface area (Å²) in [5, 5.41) is 7.30.